The van der Waals surface area contributed by atoms with Crippen LogP contribution in [0, 0.1) is 0 Å². The van der Waals surface area contributed by atoms with E-state index in [4.69, 9.17) is 4.84 Å². The Balaban J connectivity index is 1.84. The molecule has 0 unspecified atom stereocenters. The average molecular weight is 306 g/mol. The van der Waals surface area contributed by atoms with Crippen molar-refractivity contribution in [3.63, 3.8) is 0 Å². The van der Waals surface area contributed by atoms with Gasteiger partial charge in [-0.3, -0.25) is 4.90 Å². The van der Waals surface area contributed by atoms with Gasteiger partial charge in [0.2, 0.25) is 0 Å². The van der Waals surface area contributed by atoms with Crippen LogP contribution in [0.3, 0.4) is 0 Å². The first-order valence-corrected chi connectivity index (χ1v) is 8.48. The van der Waals surface area contributed by atoms with E-state index in [1.807, 2.05) is 6.07 Å². The maximum Gasteiger partial charge on any atom is 0.194 e. The molecule has 0 amide bonds. The Morgan fingerprint density at radius 1 is 0.957 bits per heavy atom. The van der Waals surface area contributed by atoms with Crippen LogP contribution in [0.4, 0.5) is 0 Å². The Morgan fingerprint density at radius 3 is 2.35 bits per heavy atom. The topological polar surface area (TPSA) is 24.8 Å². The first kappa shape index (κ1) is 14.5. The Labute approximate surface area is 137 Å². The van der Waals surface area contributed by atoms with Gasteiger partial charge in [0.15, 0.2) is 6.23 Å². The molecule has 0 saturated carbocycles. The second-order valence-electron chi connectivity index (χ2n) is 6.20. The van der Waals surface area contributed by atoms with Crippen molar-refractivity contribution in [3.8, 4) is 0 Å². The van der Waals surface area contributed by atoms with Gasteiger partial charge in [0.1, 0.15) is 0 Å². The minimum atomic E-state index is 0.00931. The van der Waals surface area contributed by atoms with Crippen molar-refractivity contribution in [2.45, 2.75) is 38.5 Å². The van der Waals surface area contributed by atoms with Crippen molar-refractivity contribution in [2.75, 3.05) is 6.54 Å². The van der Waals surface area contributed by atoms with Gasteiger partial charge in [0.05, 0.1) is 11.6 Å². The van der Waals surface area contributed by atoms with Crippen LogP contribution < -0.4 is 0 Å². The first-order valence-electron chi connectivity index (χ1n) is 8.48. The molecule has 3 heteroatoms. The van der Waals surface area contributed by atoms with Gasteiger partial charge in [0, 0.05) is 11.6 Å². The van der Waals surface area contributed by atoms with Crippen molar-refractivity contribution >= 4 is 5.71 Å². The van der Waals surface area contributed by atoms with E-state index in [1.165, 1.54) is 11.1 Å². The number of oxime groups is 1. The van der Waals surface area contributed by atoms with Gasteiger partial charge in [0.25, 0.3) is 0 Å². The summed E-state index contributed by atoms with van der Waals surface area (Å²) in [6, 6.07) is 19.6. The maximum atomic E-state index is 5.93. The highest BCUT2D eigenvalue weighted by Crippen LogP contribution is 2.45. The molecule has 2 aliphatic rings. The number of rotatable bonds is 3. The van der Waals surface area contributed by atoms with Crippen LogP contribution in [0.1, 0.15) is 48.9 Å². The van der Waals surface area contributed by atoms with Crippen molar-refractivity contribution in [1.82, 2.24) is 4.90 Å². The lowest BCUT2D eigenvalue weighted by molar-refractivity contribution is -0.0742. The number of benzene rings is 2. The van der Waals surface area contributed by atoms with Gasteiger partial charge in [-0.15, -0.1) is 0 Å². The van der Waals surface area contributed by atoms with Crippen molar-refractivity contribution in [2.24, 2.45) is 5.16 Å². The Morgan fingerprint density at radius 2 is 1.65 bits per heavy atom. The summed E-state index contributed by atoms with van der Waals surface area (Å²) in [6.45, 7) is 5.42. The molecule has 0 bridgehead atoms. The number of fused-ring (bicyclic) bond motifs is 3. The minimum absolute atomic E-state index is 0.00931. The number of hydrogen-bond acceptors (Lipinski definition) is 3. The number of nitrogens with zero attached hydrogens (tertiary/aromatic N) is 2. The first-order chi connectivity index (χ1) is 11.3. The van der Waals surface area contributed by atoms with Crippen LogP contribution >= 0.6 is 0 Å². The molecule has 2 aliphatic heterocycles. The predicted molar refractivity (Wildman–Crippen MR) is 92.4 cm³/mol. The normalized spacial score (nSPS) is 26.2. The molecule has 0 spiro atoms. The molecule has 23 heavy (non-hydrogen) atoms. The molecule has 3 nitrogen and oxygen atoms in total. The third-order valence-corrected chi connectivity index (χ3v) is 5.08. The molecule has 2 aromatic carbocycles. The van der Waals surface area contributed by atoms with E-state index in [0.29, 0.717) is 6.04 Å². The zero-order chi connectivity index (χ0) is 15.8. The zero-order valence-electron chi connectivity index (χ0n) is 13.6. The number of likely N-dealkylation sites (N-methyl/N-ethyl adjacent to an activating group) is 1. The van der Waals surface area contributed by atoms with E-state index in [9.17, 15) is 0 Å². The molecule has 0 aromatic heterocycles. The Kier molecular flexibility index (Phi) is 3.66. The summed E-state index contributed by atoms with van der Waals surface area (Å²) in [6.07, 6.45) is 1.09. The van der Waals surface area contributed by atoms with Crippen LogP contribution in [0.2, 0.25) is 0 Å². The molecule has 4 rings (SSSR count). The summed E-state index contributed by atoms with van der Waals surface area (Å²) in [7, 11) is 0. The summed E-state index contributed by atoms with van der Waals surface area (Å²) in [5, 5.41) is 4.49. The molecule has 0 saturated heterocycles. The van der Waals surface area contributed by atoms with E-state index in [0.717, 1.165) is 24.2 Å². The lowest BCUT2D eigenvalue weighted by atomic mass is 9.79. The van der Waals surface area contributed by atoms with E-state index in [2.05, 4.69) is 72.4 Å². The molecular formula is C20H22N2O. The van der Waals surface area contributed by atoms with Crippen LogP contribution in [-0.2, 0) is 4.84 Å². The molecule has 0 fully saturated rings. The van der Waals surface area contributed by atoms with Crippen molar-refractivity contribution in [3.05, 3.63) is 71.3 Å². The fourth-order valence-corrected chi connectivity index (χ4v) is 4.07. The Bertz CT molecular complexity index is 725. The lowest BCUT2D eigenvalue weighted by Crippen LogP contribution is -2.46. The van der Waals surface area contributed by atoms with Gasteiger partial charge in [-0.25, -0.2) is 0 Å². The van der Waals surface area contributed by atoms with Crippen molar-refractivity contribution in [1.29, 1.82) is 0 Å². The Hall–Kier alpha value is -2.13. The van der Waals surface area contributed by atoms with Gasteiger partial charge in [-0.2, -0.15) is 0 Å². The number of hydrogen-bond donors (Lipinski definition) is 0. The monoisotopic (exact) mass is 306 g/mol. The fraction of sp³-hybridized carbons (Fsp3) is 0.350. The third-order valence-electron chi connectivity index (χ3n) is 5.08. The molecule has 118 valence electrons. The highest BCUT2D eigenvalue weighted by molar-refractivity contribution is 6.06. The van der Waals surface area contributed by atoms with Crippen LogP contribution in [0.25, 0.3) is 0 Å². The minimum Gasteiger partial charge on any atom is -0.375 e. The average Bonchev–Trinajstić information content (AvgIpc) is 3.06. The van der Waals surface area contributed by atoms with E-state index < -0.39 is 0 Å². The molecular weight excluding hydrogens is 284 g/mol. The second kappa shape index (κ2) is 5.82. The summed E-state index contributed by atoms with van der Waals surface area (Å²) >= 11 is 0. The summed E-state index contributed by atoms with van der Waals surface area (Å²) in [4.78, 5) is 8.38. The fourth-order valence-electron chi connectivity index (χ4n) is 4.07. The second-order valence-corrected chi connectivity index (χ2v) is 6.20. The maximum absolute atomic E-state index is 5.93. The van der Waals surface area contributed by atoms with E-state index >= 15 is 0 Å². The molecule has 2 heterocycles. The largest absolute Gasteiger partial charge is 0.375 e. The summed E-state index contributed by atoms with van der Waals surface area (Å²) in [5.74, 6) is 0.191. The van der Waals surface area contributed by atoms with E-state index in [1.54, 1.807) is 0 Å². The predicted octanol–water partition coefficient (Wildman–Crippen LogP) is 4.32. The molecule has 3 atom stereocenters. The quantitative estimate of drug-likeness (QED) is 0.843. The summed E-state index contributed by atoms with van der Waals surface area (Å²) < 4.78 is 0. The molecule has 0 N–H and O–H groups in total. The van der Waals surface area contributed by atoms with E-state index in [-0.39, 0.29) is 12.1 Å². The smallest absolute Gasteiger partial charge is 0.194 e. The van der Waals surface area contributed by atoms with Crippen LogP contribution in [-0.4, -0.2) is 23.4 Å². The molecule has 0 aliphatic carbocycles. The van der Waals surface area contributed by atoms with Gasteiger partial charge in [-0.1, -0.05) is 73.6 Å². The van der Waals surface area contributed by atoms with Gasteiger partial charge < -0.3 is 4.84 Å². The highest BCUT2D eigenvalue weighted by atomic mass is 16.7. The molecule has 0 radical (unpaired) electrons. The molecule has 2 aromatic rings. The highest BCUT2D eigenvalue weighted by Gasteiger charge is 2.46. The van der Waals surface area contributed by atoms with Crippen LogP contribution in [0.15, 0.2) is 59.8 Å². The standard InChI is InChI=1S/C20H22N2O/c1-3-17-15-12-8-9-13-16(15)18-19(14-10-6-5-7-11-14)21-23-20(18)22(17)4-2/h5-13,17-18,20H,3-4H2,1-2H3/t17-,18+,20-/m0/s1. The SMILES string of the molecule is CC[C@H]1c2ccccc2[C@@H]2C(c3ccccc3)=NO[C@@H]2N1CC. The van der Waals surface area contributed by atoms with Gasteiger partial charge >= 0.3 is 0 Å². The lowest BCUT2D eigenvalue weighted by Gasteiger charge is -2.42. The van der Waals surface area contributed by atoms with Crippen LogP contribution in [0.5, 0.6) is 0 Å². The van der Waals surface area contributed by atoms with Gasteiger partial charge in [-0.05, 0) is 24.1 Å². The van der Waals surface area contributed by atoms with Crippen molar-refractivity contribution < 1.29 is 4.84 Å². The summed E-state index contributed by atoms with van der Waals surface area (Å²) in [5.41, 5.74) is 5.00. The zero-order valence-corrected chi connectivity index (χ0v) is 13.6. The third kappa shape index (κ3) is 2.19.